The summed E-state index contributed by atoms with van der Waals surface area (Å²) in [6.45, 7) is 0. The van der Waals surface area contributed by atoms with Gasteiger partial charge in [0.2, 0.25) is 11.8 Å². The number of nitrogens with one attached hydrogen (secondary N) is 1. The van der Waals surface area contributed by atoms with Gasteiger partial charge in [-0.15, -0.1) is 0 Å². The van der Waals surface area contributed by atoms with Crippen LogP contribution in [0.25, 0.3) is 0 Å². The van der Waals surface area contributed by atoms with Crippen molar-refractivity contribution < 1.29 is 14.3 Å². The molecule has 2 aliphatic rings. The number of ether oxygens (including phenoxy) is 1. The van der Waals surface area contributed by atoms with Crippen molar-refractivity contribution in [1.82, 2.24) is 10.2 Å². The van der Waals surface area contributed by atoms with E-state index in [9.17, 15) is 9.59 Å². The molecule has 0 radical (unpaired) electrons. The van der Waals surface area contributed by atoms with E-state index in [1.807, 2.05) is 0 Å². The fourth-order valence-corrected chi connectivity index (χ4v) is 2.48. The van der Waals surface area contributed by atoms with Crippen LogP contribution in [0.3, 0.4) is 0 Å². The number of carbonyl (C=O) groups excluding carboxylic acids is 2. The first-order valence-corrected chi connectivity index (χ1v) is 5.71. The third kappa shape index (κ3) is 2.10. The van der Waals surface area contributed by atoms with Crippen molar-refractivity contribution in [3.05, 3.63) is 0 Å². The molecular formula is C11H18N2O3. The number of hydrogen-bond acceptors (Lipinski definition) is 4. The third-order valence-electron chi connectivity index (χ3n) is 3.54. The SMILES string of the molecule is COC1CCC(NC2CC(=O)N(C)C2=O)C1. The second-order valence-electron chi connectivity index (χ2n) is 4.58. The van der Waals surface area contributed by atoms with Crippen LogP contribution in [0.1, 0.15) is 25.7 Å². The molecule has 2 rings (SSSR count). The van der Waals surface area contributed by atoms with Crippen LogP contribution in [0.5, 0.6) is 0 Å². The van der Waals surface area contributed by atoms with Crippen molar-refractivity contribution in [3.63, 3.8) is 0 Å². The van der Waals surface area contributed by atoms with Gasteiger partial charge in [-0.2, -0.15) is 0 Å². The highest BCUT2D eigenvalue weighted by molar-refractivity contribution is 6.05. The number of likely N-dealkylation sites (tertiary alicyclic amines) is 1. The van der Waals surface area contributed by atoms with E-state index in [0.29, 0.717) is 18.6 Å². The zero-order valence-electron chi connectivity index (χ0n) is 9.73. The van der Waals surface area contributed by atoms with Gasteiger partial charge in [0.25, 0.3) is 0 Å². The van der Waals surface area contributed by atoms with Gasteiger partial charge in [-0.1, -0.05) is 0 Å². The molecule has 1 saturated carbocycles. The monoisotopic (exact) mass is 226 g/mol. The zero-order chi connectivity index (χ0) is 11.7. The minimum absolute atomic E-state index is 0.0937. The molecule has 0 aromatic carbocycles. The predicted octanol–water partition coefficient (Wildman–Crippen LogP) is -0.0992. The molecular weight excluding hydrogens is 208 g/mol. The van der Waals surface area contributed by atoms with Gasteiger partial charge in [0, 0.05) is 20.2 Å². The van der Waals surface area contributed by atoms with Crippen molar-refractivity contribution in [2.45, 2.75) is 43.9 Å². The zero-order valence-corrected chi connectivity index (χ0v) is 9.73. The molecule has 1 aliphatic carbocycles. The molecule has 2 fully saturated rings. The first kappa shape index (κ1) is 11.5. The predicted molar refractivity (Wildman–Crippen MR) is 57.8 cm³/mol. The minimum Gasteiger partial charge on any atom is -0.381 e. The molecule has 5 nitrogen and oxygen atoms in total. The lowest BCUT2D eigenvalue weighted by molar-refractivity contribution is -0.137. The van der Waals surface area contributed by atoms with Crippen LogP contribution in [0.4, 0.5) is 0 Å². The second-order valence-corrected chi connectivity index (χ2v) is 4.58. The van der Waals surface area contributed by atoms with Gasteiger partial charge in [-0.25, -0.2) is 0 Å². The summed E-state index contributed by atoms with van der Waals surface area (Å²) in [7, 11) is 3.25. The van der Waals surface area contributed by atoms with Crippen molar-refractivity contribution in [2.75, 3.05) is 14.2 Å². The topological polar surface area (TPSA) is 58.6 Å². The van der Waals surface area contributed by atoms with Gasteiger partial charge >= 0.3 is 0 Å². The Labute approximate surface area is 95.1 Å². The summed E-state index contributed by atoms with van der Waals surface area (Å²) in [5.74, 6) is -0.199. The Morgan fingerprint density at radius 1 is 1.38 bits per heavy atom. The Balaban J connectivity index is 1.87. The van der Waals surface area contributed by atoms with Gasteiger partial charge in [0.05, 0.1) is 18.6 Å². The molecule has 5 heteroatoms. The molecule has 3 unspecified atom stereocenters. The fraction of sp³-hybridized carbons (Fsp3) is 0.818. The minimum atomic E-state index is -0.321. The van der Waals surface area contributed by atoms with Crippen LogP contribution < -0.4 is 5.32 Å². The summed E-state index contributed by atoms with van der Waals surface area (Å²) < 4.78 is 5.27. The number of rotatable bonds is 3. The molecule has 1 heterocycles. The highest BCUT2D eigenvalue weighted by Gasteiger charge is 2.38. The number of nitrogens with zero attached hydrogens (tertiary/aromatic N) is 1. The molecule has 0 spiro atoms. The van der Waals surface area contributed by atoms with Crippen molar-refractivity contribution in [3.8, 4) is 0 Å². The first-order chi connectivity index (χ1) is 7.61. The Hall–Kier alpha value is -0.940. The molecule has 1 saturated heterocycles. The number of imide groups is 1. The second kappa shape index (κ2) is 4.51. The highest BCUT2D eigenvalue weighted by Crippen LogP contribution is 2.23. The van der Waals surface area contributed by atoms with Gasteiger partial charge in [0.15, 0.2) is 0 Å². The standard InChI is InChI=1S/C11H18N2O3/c1-13-10(14)6-9(11(13)15)12-7-3-4-8(5-7)16-2/h7-9,12H,3-6H2,1-2H3. The molecule has 2 amide bonds. The van der Waals surface area contributed by atoms with E-state index in [1.165, 1.54) is 4.90 Å². The van der Waals surface area contributed by atoms with Crippen LogP contribution in [0, 0.1) is 0 Å². The van der Waals surface area contributed by atoms with Gasteiger partial charge in [-0.05, 0) is 19.3 Å². The summed E-state index contributed by atoms with van der Waals surface area (Å²) in [4.78, 5) is 24.2. The number of likely N-dealkylation sites (N-methyl/N-ethyl adjacent to an activating group) is 1. The Kier molecular flexibility index (Phi) is 3.25. The summed E-state index contributed by atoms with van der Waals surface area (Å²) in [5, 5.41) is 3.26. The fourth-order valence-electron chi connectivity index (χ4n) is 2.48. The van der Waals surface area contributed by atoms with E-state index in [4.69, 9.17) is 4.74 Å². The number of carbonyl (C=O) groups is 2. The maximum atomic E-state index is 11.7. The lowest BCUT2D eigenvalue weighted by Crippen LogP contribution is -2.42. The number of hydrogen-bond donors (Lipinski definition) is 1. The van der Waals surface area contributed by atoms with E-state index in [0.717, 1.165) is 19.3 Å². The molecule has 0 bridgehead atoms. The maximum absolute atomic E-state index is 11.7. The van der Waals surface area contributed by atoms with Gasteiger partial charge < -0.3 is 10.1 Å². The third-order valence-corrected chi connectivity index (χ3v) is 3.54. The Bertz CT molecular complexity index is 306. The normalized spacial score (nSPS) is 35.1. The number of methoxy groups -OCH3 is 1. The quantitative estimate of drug-likeness (QED) is 0.683. The molecule has 1 N–H and O–H groups in total. The molecule has 16 heavy (non-hydrogen) atoms. The van der Waals surface area contributed by atoms with Crippen LogP contribution in [-0.4, -0.2) is 49.1 Å². The Morgan fingerprint density at radius 2 is 2.12 bits per heavy atom. The van der Waals surface area contributed by atoms with E-state index < -0.39 is 0 Å². The summed E-state index contributed by atoms with van der Waals surface area (Å²) in [6.07, 6.45) is 3.56. The van der Waals surface area contributed by atoms with E-state index in [1.54, 1.807) is 14.2 Å². The summed E-state index contributed by atoms with van der Waals surface area (Å²) >= 11 is 0. The van der Waals surface area contributed by atoms with Crippen LogP contribution in [-0.2, 0) is 14.3 Å². The van der Waals surface area contributed by atoms with Crippen molar-refractivity contribution in [2.24, 2.45) is 0 Å². The molecule has 0 aromatic heterocycles. The smallest absolute Gasteiger partial charge is 0.246 e. The highest BCUT2D eigenvalue weighted by atomic mass is 16.5. The van der Waals surface area contributed by atoms with Gasteiger partial charge in [0.1, 0.15) is 0 Å². The van der Waals surface area contributed by atoms with Gasteiger partial charge in [-0.3, -0.25) is 14.5 Å². The lowest BCUT2D eigenvalue weighted by atomic mass is 10.2. The van der Waals surface area contributed by atoms with E-state index in [2.05, 4.69) is 5.32 Å². The van der Waals surface area contributed by atoms with E-state index >= 15 is 0 Å². The number of amides is 2. The van der Waals surface area contributed by atoms with Crippen molar-refractivity contribution in [1.29, 1.82) is 0 Å². The molecule has 1 aliphatic heterocycles. The van der Waals surface area contributed by atoms with Crippen molar-refractivity contribution >= 4 is 11.8 Å². The van der Waals surface area contributed by atoms with E-state index in [-0.39, 0.29) is 17.9 Å². The molecule has 3 atom stereocenters. The van der Waals surface area contributed by atoms with Crippen LogP contribution in [0.15, 0.2) is 0 Å². The average Bonchev–Trinajstić information content (AvgIpc) is 2.81. The first-order valence-electron chi connectivity index (χ1n) is 5.71. The maximum Gasteiger partial charge on any atom is 0.246 e. The Morgan fingerprint density at radius 3 is 2.62 bits per heavy atom. The lowest BCUT2D eigenvalue weighted by Gasteiger charge is -2.17. The molecule has 90 valence electrons. The largest absolute Gasteiger partial charge is 0.381 e. The van der Waals surface area contributed by atoms with Crippen LogP contribution >= 0.6 is 0 Å². The summed E-state index contributed by atoms with van der Waals surface area (Å²) in [5.41, 5.74) is 0. The summed E-state index contributed by atoms with van der Waals surface area (Å²) in [6, 6.07) is -0.0173. The van der Waals surface area contributed by atoms with Crippen LogP contribution in [0.2, 0.25) is 0 Å². The molecule has 0 aromatic rings. The average molecular weight is 226 g/mol.